The fourth-order valence-corrected chi connectivity index (χ4v) is 2.69. The lowest BCUT2D eigenvalue weighted by atomic mass is 9.99. The van der Waals surface area contributed by atoms with Gasteiger partial charge in [-0.2, -0.15) is 0 Å². The highest BCUT2D eigenvalue weighted by molar-refractivity contribution is 6.31. The van der Waals surface area contributed by atoms with E-state index in [1.54, 1.807) is 0 Å². The third kappa shape index (κ3) is 1.91. The van der Waals surface area contributed by atoms with Gasteiger partial charge >= 0.3 is 0 Å². The van der Waals surface area contributed by atoms with Crippen LogP contribution in [0.4, 0.5) is 5.69 Å². The highest BCUT2D eigenvalue weighted by Crippen LogP contribution is 2.32. The fraction of sp³-hybridized carbons (Fsp3) is 0.200. The molecule has 0 saturated carbocycles. The zero-order chi connectivity index (χ0) is 11.8. The molecular formula is C15H14ClN. The Kier molecular flexibility index (Phi) is 2.56. The van der Waals surface area contributed by atoms with Crippen molar-refractivity contribution in [1.29, 1.82) is 0 Å². The number of fused-ring (bicyclic) bond motifs is 1. The van der Waals surface area contributed by atoms with Crippen molar-refractivity contribution < 1.29 is 0 Å². The second-order valence-corrected chi connectivity index (χ2v) is 5.01. The molecule has 17 heavy (non-hydrogen) atoms. The molecule has 0 aliphatic heterocycles. The summed E-state index contributed by atoms with van der Waals surface area (Å²) in [4.78, 5) is 0. The Balaban J connectivity index is 2.12. The molecule has 0 aromatic heterocycles. The van der Waals surface area contributed by atoms with E-state index in [4.69, 9.17) is 17.3 Å². The van der Waals surface area contributed by atoms with E-state index in [0.29, 0.717) is 0 Å². The van der Waals surface area contributed by atoms with Gasteiger partial charge in [-0.25, -0.2) is 0 Å². The van der Waals surface area contributed by atoms with E-state index in [9.17, 15) is 0 Å². The van der Waals surface area contributed by atoms with E-state index in [2.05, 4.69) is 18.2 Å². The molecule has 0 bridgehead atoms. The van der Waals surface area contributed by atoms with Gasteiger partial charge in [0.15, 0.2) is 0 Å². The van der Waals surface area contributed by atoms with Crippen molar-refractivity contribution in [3.63, 3.8) is 0 Å². The number of hydrogen-bond donors (Lipinski definition) is 1. The van der Waals surface area contributed by atoms with E-state index in [1.165, 1.54) is 36.0 Å². The van der Waals surface area contributed by atoms with E-state index in [-0.39, 0.29) is 0 Å². The van der Waals surface area contributed by atoms with Crippen LogP contribution < -0.4 is 5.73 Å². The first-order valence-electron chi connectivity index (χ1n) is 5.91. The number of aryl methyl sites for hydroxylation is 2. The number of rotatable bonds is 1. The number of nitrogen functional groups attached to an aromatic ring is 1. The highest BCUT2D eigenvalue weighted by Gasteiger charge is 2.12. The average Bonchev–Trinajstić information content (AvgIpc) is 2.79. The molecular weight excluding hydrogens is 230 g/mol. The van der Waals surface area contributed by atoms with E-state index >= 15 is 0 Å². The number of halogens is 1. The van der Waals surface area contributed by atoms with E-state index in [0.717, 1.165) is 16.3 Å². The number of nitrogens with two attached hydrogens (primary N) is 1. The summed E-state index contributed by atoms with van der Waals surface area (Å²) in [5.74, 6) is 0. The zero-order valence-corrected chi connectivity index (χ0v) is 10.3. The standard InChI is InChI=1S/C15H14ClN/c16-13-6-7-15(17)14(9-13)12-5-4-10-2-1-3-11(10)8-12/h4-9H,1-3,17H2. The van der Waals surface area contributed by atoms with Crippen LogP contribution in [0.2, 0.25) is 5.02 Å². The summed E-state index contributed by atoms with van der Waals surface area (Å²) in [5.41, 5.74) is 11.9. The van der Waals surface area contributed by atoms with E-state index < -0.39 is 0 Å². The predicted molar refractivity (Wildman–Crippen MR) is 73.3 cm³/mol. The Morgan fingerprint density at radius 3 is 2.65 bits per heavy atom. The summed E-state index contributed by atoms with van der Waals surface area (Å²) >= 11 is 6.03. The fourth-order valence-electron chi connectivity index (χ4n) is 2.52. The quantitative estimate of drug-likeness (QED) is 0.751. The Hall–Kier alpha value is -1.47. The molecule has 2 heteroatoms. The SMILES string of the molecule is Nc1ccc(Cl)cc1-c1ccc2c(c1)CCC2. The van der Waals surface area contributed by atoms with Gasteiger partial charge < -0.3 is 5.73 Å². The second-order valence-electron chi connectivity index (χ2n) is 4.57. The Bertz CT molecular complexity index is 575. The lowest BCUT2D eigenvalue weighted by molar-refractivity contribution is 0.912. The van der Waals surface area contributed by atoms with Gasteiger partial charge in [-0.05, 0) is 54.2 Å². The van der Waals surface area contributed by atoms with Crippen LogP contribution in [0.5, 0.6) is 0 Å². The van der Waals surface area contributed by atoms with Gasteiger partial charge in [0, 0.05) is 16.3 Å². The van der Waals surface area contributed by atoms with Gasteiger partial charge in [-0.3, -0.25) is 0 Å². The molecule has 3 rings (SSSR count). The molecule has 1 nitrogen and oxygen atoms in total. The number of hydrogen-bond acceptors (Lipinski definition) is 1. The minimum Gasteiger partial charge on any atom is -0.398 e. The van der Waals surface area contributed by atoms with Crippen LogP contribution in [0.3, 0.4) is 0 Å². The van der Waals surface area contributed by atoms with E-state index in [1.807, 2.05) is 18.2 Å². The third-order valence-corrected chi connectivity index (χ3v) is 3.66. The average molecular weight is 244 g/mol. The molecule has 1 aliphatic rings. The van der Waals surface area contributed by atoms with Gasteiger partial charge in [0.1, 0.15) is 0 Å². The second kappa shape index (κ2) is 4.08. The van der Waals surface area contributed by atoms with Gasteiger partial charge in [0.2, 0.25) is 0 Å². The van der Waals surface area contributed by atoms with Crippen molar-refractivity contribution >= 4 is 17.3 Å². The van der Waals surface area contributed by atoms with Gasteiger partial charge in [-0.15, -0.1) is 0 Å². The summed E-state index contributed by atoms with van der Waals surface area (Å²) in [6.07, 6.45) is 3.66. The lowest BCUT2D eigenvalue weighted by Gasteiger charge is -2.08. The molecule has 0 amide bonds. The zero-order valence-electron chi connectivity index (χ0n) is 9.54. The summed E-state index contributed by atoms with van der Waals surface area (Å²) < 4.78 is 0. The van der Waals surface area contributed by atoms with Crippen LogP contribution >= 0.6 is 11.6 Å². The molecule has 1 aliphatic carbocycles. The summed E-state index contributed by atoms with van der Waals surface area (Å²) in [7, 11) is 0. The van der Waals surface area contributed by atoms with Crippen LogP contribution in [0, 0.1) is 0 Å². The Morgan fingerprint density at radius 2 is 1.76 bits per heavy atom. The Morgan fingerprint density at radius 1 is 0.941 bits per heavy atom. The first kappa shape index (κ1) is 10.7. The van der Waals surface area contributed by atoms with Crippen molar-refractivity contribution in [2.45, 2.75) is 19.3 Å². The smallest absolute Gasteiger partial charge is 0.0413 e. The minimum absolute atomic E-state index is 0.731. The molecule has 0 fully saturated rings. The maximum atomic E-state index is 6.03. The van der Waals surface area contributed by atoms with Crippen LogP contribution in [-0.2, 0) is 12.8 Å². The van der Waals surface area contributed by atoms with Crippen molar-refractivity contribution in [3.05, 3.63) is 52.5 Å². The molecule has 2 aromatic rings. The van der Waals surface area contributed by atoms with Gasteiger partial charge in [0.25, 0.3) is 0 Å². The van der Waals surface area contributed by atoms with Crippen LogP contribution in [-0.4, -0.2) is 0 Å². The molecule has 0 spiro atoms. The monoisotopic (exact) mass is 243 g/mol. The van der Waals surface area contributed by atoms with Crippen LogP contribution in [0.15, 0.2) is 36.4 Å². The largest absolute Gasteiger partial charge is 0.398 e. The topological polar surface area (TPSA) is 26.0 Å². The summed E-state index contributed by atoms with van der Waals surface area (Å²) in [6, 6.07) is 12.3. The summed E-state index contributed by atoms with van der Waals surface area (Å²) in [6.45, 7) is 0. The maximum absolute atomic E-state index is 6.03. The molecule has 0 saturated heterocycles. The van der Waals surface area contributed by atoms with Crippen molar-refractivity contribution in [1.82, 2.24) is 0 Å². The number of anilines is 1. The maximum Gasteiger partial charge on any atom is 0.0413 e. The molecule has 2 aromatic carbocycles. The molecule has 86 valence electrons. The predicted octanol–water partition coefficient (Wildman–Crippen LogP) is 4.08. The molecule has 0 heterocycles. The molecule has 0 radical (unpaired) electrons. The molecule has 0 atom stereocenters. The first-order valence-corrected chi connectivity index (χ1v) is 6.29. The lowest BCUT2D eigenvalue weighted by Crippen LogP contribution is -1.91. The minimum atomic E-state index is 0.731. The highest BCUT2D eigenvalue weighted by atomic mass is 35.5. The van der Waals surface area contributed by atoms with Crippen molar-refractivity contribution in [2.75, 3.05) is 5.73 Å². The van der Waals surface area contributed by atoms with Crippen LogP contribution in [0.1, 0.15) is 17.5 Å². The Labute approximate surface area is 106 Å². The third-order valence-electron chi connectivity index (χ3n) is 3.42. The first-order chi connectivity index (χ1) is 8.24. The van der Waals surface area contributed by atoms with Crippen molar-refractivity contribution in [3.8, 4) is 11.1 Å². The summed E-state index contributed by atoms with van der Waals surface area (Å²) in [5, 5.41) is 0.731. The van der Waals surface area contributed by atoms with Gasteiger partial charge in [0.05, 0.1) is 0 Å². The molecule has 2 N–H and O–H groups in total. The molecule has 0 unspecified atom stereocenters. The number of benzene rings is 2. The van der Waals surface area contributed by atoms with Crippen molar-refractivity contribution in [2.24, 2.45) is 0 Å². The van der Waals surface area contributed by atoms with Crippen LogP contribution in [0.25, 0.3) is 11.1 Å². The normalized spacial score (nSPS) is 13.7. The van der Waals surface area contributed by atoms with Gasteiger partial charge in [-0.1, -0.05) is 29.8 Å².